The fraction of sp³-hybridized carbons (Fsp3) is 0.759. The zero-order chi connectivity index (χ0) is 43.7. The Morgan fingerprint density at radius 3 is 1.18 bits per heavy atom. The molecule has 6 heteroatoms. The first-order valence-electron chi connectivity index (χ1n) is 25.3. The van der Waals surface area contributed by atoms with Crippen molar-refractivity contribution in [2.75, 3.05) is 13.2 Å². The SMILES string of the molecule is CC/C=C\C/C=C\CCCCC(=O)OCC(COC(=O)CCCCCCC/C=C\CCCCCCCCCCC)OC(=O)CCCCCCCC/C=C\C=C/CCCCC. The van der Waals surface area contributed by atoms with E-state index in [4.69, 9.17) is 14.2 Å². The van der Waals surface area contributed by atoms with Gasteiger partial charge in [0.1, 0.15) is 13.2 Å². The van der Waals surface area contributed by atoms with Gasteiger partial charge < -0.3 is 14.2 Å². The third-order valence-electron chi connectivity index (χ3n) is 10.8. The molecule has 0 N–H and O–H groups in total. The Labute approximate surface area is 370 Å². The van der Waals surface area contributed by atoms with E-state index in [1.54, 1.807) is 0 Å². The van der Waals surface area contributed by atoms with Gasteiger partial charge in [-0.1, -0.05) is 191 Å². The number of hydrogen-bond acceptors (Lipinski definition) is 6. The van der Waals surface area contributed by atoms with Crippen LogP contribution in [0.3, 0.4) is 0 Å². The molecular weight excluding hydrogens is 745 g/mol. The molecule has 1 unspecified atom stereocenters. The molecule has 0 aromatic heterocycles. The quantitative estimate of drug-likeness (QED) is 0.0200. The van der Waals surface area contributed by atoms with Gasteiger partial charge in [-0.25, -0.2) is 0 Å². The van der Waals surface area contributed by atoms with Crippen LogP contribution in [0.25, 0.3) is 0 Å². The van der Waals surface area contributed by atoms with Crippen LogP contribution in [-0.4, -0.2) is 37.2 Å². The first-order valence-corrected chi connectivity index (χ1v) is 25.3. The van der Waals surface area contributed by atoms with Crippen LogP contribution in [0.15, 0.2) is 60.8 Å². The maximum atomic E-state index is 12.8. The molecule has 0 rings (SSSR count). The fourth-order valence-corrected chi connectivity index (χ4v) is 6.93. The lowest BCUT2D eigenvalue weighted by Gasteiger charge is -2.18. The van der Waals surface area contributed by atoms with Crippen molar-refractivity contribution in [3.63, 3.8) is 0 Å². The van der Waals surface area contributed by atoms with E-state index in [2.05, 4.69) is 81.5 Å². The molecule has 0 bridgehead atoms. The van der Waals surface area contributed by atoms with Crippen molar-refractivity contribution in [2.24, 2.45) is 0 Å². The number of carbonyl (C=O) groups is 3. The van der Waals surface area contributed by atoms with Crippen molar-refractivity contribution < 1.29 is 28.6 Å². The highest BCUT2D eigenvalue weighted by atomic mass is 16.6. The smallest absolute Gasteiger partial charge is 0.306 e. The molecule has 0 saturated carbocycles. The van der Waals surface area contributed by atoms with E-state index in [9.17, 15) is 14.4 Å². The first kappa shape index (κ1) is 57.1. The van der Waals surface area contributed by atoms with E-state index < -0.39 is 6.10 Å². The van der Waals surface area contributed by atoms with Crippen LogP contribution < -0.4 is 0 Å². The average molecular weight is 839 g/mol. The van der Waals surface area contributed by atoms with Crippen LogP contribution in [0.5, 0.6) is 0 Å². The number of carbonyl (C=O) groups excluding carboxylic acids is 3. The molecule has 0 saturated heterocycles. The lowest BCUT2D eigenvalue weighted by atomic mass is 10.1. The maximum absolute atomic E-state index is 12.8. The lowest BCUT2D eigenvalue weighted by Crippen LogP contribution is -2.30. The zero-order valence-corrected chi connectivity index (χ0v) is 39.5. The molecule has 0 radical (unpaired) electrons. The molecule has 6 nitrogen and oxygen atoms in total. The second kappa shape index (κ2) is 48.8. The Hall–Kier alpha value is -2.89. The van der Waals surface area contributed by atoms with Crippen molar-refractivity contribution in [1.82, 2.24) is 0 Å². The van der Waals surface area contributed by atoms with E-state index in [-0.39, 0.29) is 31.1 Å². The number of unbranched alkanes of at least 4 members (excludes halogenated alkanes) is 25. The minimum Gasteiger partial charge on any atom is -0.462 e. The zero-order valence-electron chi connectivity index (χ0n) is 39.5. The van der Waals surface area contributed by atoms with Crippen LogP contribution in [0.4, 0.5) is 0 Å². The van der Waals surface area contributed by atoms with Gasteiger partial charge in [0.05, 0.1) is 0 Å². The largest absolute Gasteiger partial charge is 0.462 e. The van der Waals surface area contributed by atoms with Crippen molar-refractivity contribution in [3.8, 4) is 0 Å². The summed E-state index contributed by atoms with van der Waals surface area (Å²) in [6.07, 6.45) is 59.3. The molecule has 0 amide bonds. The van der Waals surface area contributed by atoms with Gasteiger partial charge >= 0.3 is 17.9 Å². The van der Waals surface area contributed by atoms with Crippen molar-refractivity contribution in [2.45, 2.75) is 252 Å². The molecule has 0 aromatic carbocycles. The molecular formula is C54H94O6. The predicted molar refractivity (Wildman–Crippen MR) is 256 cm³/mol. The van der Waals surface area contributed by atoms with E-state index in [1.807, 2.05) is 0 Å². The normalized spacial score (nSPS) is 12.5. The standard InChI is InChI=1S/C54H94O6/c1-4-7-10-13-16-19-21-23-25-26-27-29-30-32-35-38-41-44-47-53(56)59-50-51(49-58-52(55)46-43-40-37-34-18-15-12-9-6-3)60-54(57)48-45-42-39-36-33-31-28-24-22-20-17-14-11-8-5-2/h9,12,17-18,20,22,24,27,29,34,51H,4-8,10-11,13-16,19,21,23,25-26,28,30-33,35-50H2,1-3H3/b12-9-,20-17-,24-22-,29-27-,34-18-. The number of hydrogen-bond donors (Lipinski definition) is 0. The molecule has 0 fully saturated rings. The van der Waals surface area contributed by atoms with E-state index in [1.165, 1.54) is 116 Å². The van der Waals surface area contributed by atoms with Crippen LogP contribution in [-0.2, 0) is 28.6 Å². The lowest BCUT2D eigenvalue weighted by molar-refractivity contribution is -0.167. The minimum atomic E-state index is -0.794. The van der Waals surface area contributed by atoms with E-state index in [0.29, 0.717) is 19.3 Å². The number of esters is 3. The van der Waals surface area contributed by atoms with Crippen molar-refractivity contribution in [1.29, 1.82) is 0 Å². The maximum Gasteiger partial charge on any atom is 0.306 e. The average Bonchev–Trinajstić information content (AvgIpc) is 3.24. The molecule has 60 heavy (non-hydrogen) atoms. The van der Waals surface area contributed by atoms with Crippen molar-refractivity contribution in [3.05, 3.63) is 60.8 Å². The molecule has 0 aliphatic heterocycles. The fourth-order valence-electron chi connectivity index (χ4n) is 6.93. The van der Waals surface area contributed by atoms with Crippen LogP contribution in [0.2, 0.25) is 0 Å². The molecule has 0 aromatic rings. The Bertz CT molecular complexity index is 1100. The van der Waals surface area contributed by atoms with Crippen molar-refractivity contribution >= 4 is 17.9 Å². The summed E-state index contributed by atoms with van der Waals surface area (Å²) in [6, 6.07) is 0. The van der Waals surface area contributed by atoms with Gasteiger partial charge in [-0.15, -0.1) is 0 Å². The predicted octanol–water partition coefficient (Wildman–Crippen LogP) is 16.5. The summed E-state index contributed by atoms with van der Waals surface area (Å²) in [7, 11) is 0. The van der Waals surface area contributed by atoms with Crippen LogP contribution >= 0.6 is 0 Å². The topological polar surface area (TPSA) is 78.9 Å². The van der Waals surface area contributed by atoms with E-state index >= 15 is 0 Å². The van der Waals surface area contributed by atoms with Gasteiger partial charge in [0, 0.05) is 19.3 Å². The summed E-state index contributed by atoms with van der Waals surface area (Å²) in [5.74, 6) is -0.950. The van der Waals surface area contributed by atoms with Crippen LogP contribution in [0.1, 0.15) is 245 Å². The summed E-state index contributed by atoms with van der Waals surface area (Å²) >= 11 is 0. The highest BCUT2D eigenvalue weighted by molar-refractivity contribution is 5.71. The van der Waals surface area contributed by atoms with Gasteiger partial charge in [0.25, 0.3) is 0 Å². The molecule has 0 aliphatic rings. The molecule has 1 atom stereocenters. The molecule has 346 valence electrons. The second-order valence-corrected chi connectivity index (χ2v) is 16.7. The summed E-state index contributed by atoms with van der Waals surface area (Å²) in [5.41, 5.74) is 0. The summed E-state index contributed by atoms with van der Waals surface area (Å²) in [6.45, 7) is 6.44. The number of allylic oxidation sites excluding steroid dienone is 10. The highest BCUT2D eigenvalue weighted by Gasteiger charge is 2.19. The van der Waals surface area contributed by atoms with Gasteiger partial charge in [-0.05, 0) is 96.3 Å². The molecule has 0 heterocycles. The molecule has 0 aliphatic carbocycles. The van der Waals surface area contributed by atoms with Crippen LogP contribution in [0, 0.1) is 0 Å². The highest BCUT2D eigenvalue weighted by Crippen LogP contribution is 2.14. The summed E-state index contributed by atoms with van der Waals surface area (Å²) in [5, 5.41) is 0. The number of ether oxygens (including phenoxy) is 3. The Balaban J connectivity index is 4.36. The van der Waals surface area contributed by atoms with Gasteiger partial charge in [0.2, 0.25) is 0 Å². The summed E-state index contributed by atoms with van der Waals surface area (Å²) < 4.78 is 16.7. The summed E-state index contributed by atoms with van der Waals surface area (Å²) in [4.78, 5) is 37.8. The number of rotatable bonds is 45. The van der Waals surface area contributed by atoms with E-state index in [0.717, 1.165) is 89.9 Å². The molecule has 0 spiro atoms. The first-order chi connectivity index (χ1) is 29.5. The Kier molecular flexibility index (Phi) is 46.4. The monoisotopic (exact) mass is 839 g/mol. The Morgan fingerprint density at radius 1 is 0.367 bits per heavy atom. The minimum absolute atomic E-state index is 0.0936. The third kappa shape index (κ3) is 46.2. The Morgan fingerprint density at radius 2 is 0.700 bits per heavy atom. The van der Waals surface area contributed by atoms with Gasteiger partial charge in [0.15, 0.2) is 6.10 Å². The second-order valence-electron chi connectivity index (χ2n) is 16.7. The van der Waals surface area contributed by atoms with Gasteiger partial charge in [-0.2, -0.15) is 0 Å². The van der Waals surface area contributed by atoms with Gasteiger partial charge in [-0.3, -0.25) is 14.4 Å². The third-order valence-corrected chi connectivity index (χ3v) is 10.8.